The zero-order chi connectivity index (χ0) is 73.8. The van der Waals surface area contributed by atoms with Crippen LogP contribution >= 0.6 is 0 Å². The molecule has 2 aliphatic heterocycles. The first-order chi connectivity index (χ1) is 50.6. The molecule has 0 bridgehead atoms. The van der Waals surface area contributed by atoms with Crippen LogP contribution in [0.4, 0.5) is 34.1 Å². The van der Waals surface area contributed by atoms with Crippen molar-refractivity contribution in [2.24, 2.45) is 0 Å². The van der Waals surface area contributed by atoms with Gasteiger partial charge < -0.3 is 23.2 Å². The van der Waals surface area contributed by atoms with Gasteiger partial charge in [-0.1, -0.05) is 250 Å². The van der Waals surface area contributed by atoms with Gasteiger partial charge >= 0.3 is 0 Å². The summed E-state index contributed by atoms with van der Waals surface area (Å²) >= 11 is 0. The Kier molecular flexibility index (Phi) is 10.6. The summed E-state index contributed by atoms with van der Waals surface area (Å²) in [6, 6.07) is 69.6. The SMILES string of the molecule is [2H]c1c([2H])c([2H])c(-c2ccc3c(c2)B2c4ccc(-c5c([2H])c([2H])c([2H])c([2H])c5[2H])cc4N(c4cc(-c5ccccc5)cc5oc6ccccc6c45)c4cc(-n5c6ccc(C(C)(C)C)cc6c6cc(C(C)(C)C)ccc65)cc(c42)N3c2c(-c3cccc(C(C)(C)C)c3)ccc3oc4ccccc4c23)c([2H])c1[2H]. The van der Waals surface area contributed by atoms with Crippen molar-refractivity contribution in [3.63, 3.8) is 0 Å². The van der Waals surface area contributed by atoms with Crippen LogP contribution in [0.5, 0.6) is 0 Å². The molecule has 0 amide bonds. The number of nitrogens with zero attached hydrogens (tertiary/aromatic N) is 3. The number of rotatable bonds is 7. The van der Waals surface area contributed by atoms with Crippen LogP contribution in [0, 0.1) is 0 Å². The van der Waals surface area contributed by atoms with Gasteiger partial charge in [-0.25, -0.2) is 0 Å². The Morgan fingerprint density at radius 3 is 1.53 bits per heavy atom. The van der Waals surface area contributed by atoms with Crippen molar-refractivity contribution in [2.75, 3.05) is 9.80 Å². The van der Waals surface area contributed by atoms with Gasteiger partial charge in [-0.15, -0.1) is 0 Å². The zero-order valence-electron chi connectivity index (χ0n) is 64.9. The molecule has 3 aromatic heterocycles. The minimum atomic E-state index is -0.737. The Morgan fingerprint density at radius 2 is 0.885 bits per heavy atom. The van der Waals surface area contributed by atoms with Gasteiger partial charge in [0.15, 0.2) is 0 Å². The fraction of sp³-hybridized carbons (Fsp3) is 0.133. The molecule has 0 atom stereocenters. The maximum Gasteiger partial charge on any atom is 0.252 e. The highest BCUT2D eigenvalue weighted by Gasteiger charge is 2.46. The standard InChI is InChI=1S/C90H72BN3O2/c1-88(2,3)62-31-23-30-60(46-62)66-40-45-82-85(68-33-20-22-35-81(68)95-82)87(66)94-75-42-37-58(55-24-13-10-14-25-55)47-72(75)91-71-41-36-59(56-26-15-11-16-27-56)48-76(71)93(77-49-61(57-28-17-12-18-29-57)50-83-84(77)67-32-19-21-34-80(67)96-83)78-53-65(54-79(94)86(78)91)92-73-43-38-63(89(4,5)6)51-69(73)70-52-64(90(7,8)9)39-44-74(70)92/h10-54H,1-9H3/i10D,11D,13D,14D,15D,16D,24D,25D,26D,27D. The summed E-state index contributed by atoms with van der Waals surface area (Å²) in [6.45, 7) is 19.4. The Hall–Kier alpha value is -11.1. The number of aromatic nitrogens is 1. The second-order valence-corrected chi connectivity index (χ2v) is 28.9. The Labute approximate surface area is 575 Å². The van der Waals surface area contributed by atoms with Crippen molar-refractivity contribution in [1.82, 2.24) is 4.57 Å². The van der Waals surface area contributed by atoms with Crippen LogP contribution in [0.15, 0.2) is 282 Å². The molecule has 2 aliphatic rings. The molecule has 0 radical (unpaired) electrons. The lowest BCUT2D eigenvalue weighted by molar-refractivity contribution is 0.590. The van der Waals surface area contributed by atoms with Crippen LogP contribution in [-0.2, 0) is 16.2 Å². The van der Waals surface area contributed by atoms with Gasteiger partial charge in [0.1, 0.15) is 22.3 Å². The van der Waals surface area contributed by atoms with E-state index in [0.29, 0.717) is 39.1 Å². The smallest absolute Gasteiger partial charge is 0.252 e. The third-order valence-corrected chi connectivity index (χ3v) is 20.0. The van der Waals surface area contributed by atoms with Crippen molar-refractivity contribution in [3.05, 3.63) is 289 Å². The quantitative estimate of drug-likeness (QED) is 0.149. The van der Waals surface area contributed by atoms with E-state index in [1.165, 1.54) is 11.1 Å². The average molecular weight is 1250 g/mol. The summed E-state index contributed by atoms with van der Waals surface area (Å²) in [5.41, 5.74) is 19.6. The fourth-order valence-electron chi connectivity index (χ4n) is 15.2. The molecule has 16 aromatic rings. The van der Waals surface area contributed by atoms with Crippen LogP contribution in [0.1, 0.15) is 92.7 Å². The highest BCUT2D eigenvalue weighted by atomic mass is 16.3. The molecular weight excluding hydrogens is 1170 g/mol. The highest BCUT2D eigenvalue weighted by molar-refractivity contribution is 7.00. The number of furan rings is 2. The largest absolute Gasteiger partial charge is 0.456 e. The average Bonchev–Trinajstić information content (AvgIpc) is 0.795. The summed E-state index contributed by atoms with van der Waals surface area (Å²) in [4.78, 5) is 4.69. The molecule has 0 aliphatic carbocycles. The number of fused-ring (bicyclic) bond motifs is 13. The number of hydrogen-bond acceptors (Lipinski definition) is 4. The van der Waals surface area contributed by atoms with Crippen molar-refractivity contribution < 1.29 is 22.5 Å². The third-order valence-electron chi connectivity index (χ3n) is 20.0. The summed E-state index contributed by atoms with van der Waals surface area (Å²) in [6.07, 6.45) is 0. The number of hydrogen-bond donors (Lipinski definition) is 0. The molecule has 5 nitrogen and oxygen atoms in total. The summed E-state index contributed by atoms with van der Waals surface area (Å²) in [5.74, 6) is 0. The van der Waals surface area contributed by atoms with E-state index < -0.39 is 43.0 Å². The van der Waals surface area contributed by atoms with E-state index in [2.05, 4.69) is 198 Å². The second-order valence-electron chi connectivity index (χ2n) is 28.9. The summed E-state index contributed by atoms with van der Waals surface area (Å²) in [5, 5.41) is 5.57. The van der Waals surface area contributed by atoms with Crippen LogP contribution in [-0.4, -0.2) is 11.3 Å². The second kappa shape index (κ2) is 21.2. The predicted molar refractivity (Wildman–Crippen MR) is 407 cm³/mol. The van der Waals surface area contributed by atoms with Gasteiger partial charge in [-0.2, -0.15) is 0 Å². The predicted octanol–water partition coefficient (Wildman–Crippen LogP) is 23.2. The highest BCUT2D eigenvalue weighted by Crippen LogP contribution is 2.54. The topological polar surface area (TPSA) is 37.7 Å². The van der Waals surface area contributed by atoms with Crippen molar-refractivity contribution in [3.8, 4) is 50.2 Å². The molecule has 5 heterocycles. The first kappa shape index (κ1) is 47.7. The van der Waals surface area contributed by atoms with Gasteiger partial charge in [-0.3, -0.25) is 0 Å². The maximum atomic E-state index is 9.61. The normalized spacial score (nSPS) is 14.7. The molecule has 6 heteroatoms. The maximum absolute atomic E-state index is 9.61. The third kappa shape index (κ3) is 9.05. The van der Waals surface area contributed by atoms with Gasteiger partial charge in [0.2, 0.25) is 0 Å². The van der Waals surface area contributed by atoms with E-state index in [1.54, 1.807) is 0 Å². The van der Waals surface area contributed by atoms with E-state index in [9.17, 15) is 5.48 Å². The van der Waals surface area contributed by atoms with Gasteiger partial charge in [0, 0.05) is 49.9 Å². The van der Waals surface area contributed by atoms with E-state index >= 15 is 0 Å². The molecule has 0 saturated heterocycles. The van der Waals surface area contributed by atoms with Crippen molar-refractivity contribution in [2.45, 2.75) is 78.6 Å². The molecule has 0 fully saturated rings. The van der Waals surface area contributed by atoms with E-state index in [4.69, 9.17) is 17.1 Å². The lowest BCUT2D eigenvalue weighted by Crippen LogP contribution is -2.61. The zero-order valence-corrected chi connectivity index (χ0v) is 54.9. The summed E-state index contributed by atoms with van der Waals surface area (Å²) in [7, 11) is 0. The van der Waals surface area contributed by atoms with Crippen LogP contribution in [0.2, 0.25) is 0 Å². The minimum absolute atomic E-state index is 0.0302. The monoisotopic (exact) mass is 1250 g/mol. The number of para-hydroxylation sites is 2. The molecule has 0 spiro atoms. The first-order valence-electron chi connectivity index (χ1n) is 38.0. The van der Waals surface area contributed by atoms with Crippen molar-refractivity contribution in [1.29, 1.82) is 0 Å². The van der Waals surface area contributed by atoms with Gasteiger partial charge in [0.05, 0.1) is 52.6 Å². The van der Waals surface area contributed by atoms with E-state index in [0.717, 1.165) is 122 Å². The molecule has 18 rings (SSSR count). The Bertz CT molecular complexity index is 6380. The minimum Gasteiger partial charge on any atom is -0.456 e. The molecule has 0 saturated carbocycles. The van der Waals surface area contributed by atoms with E-state index in [1.807, 2.05) is 91.0 Å². The number of benzene rings is 13. The molecular formula is C90H72BN3O2. The van der Waals surface area contributed by atoms with Gasteiger partial charge in [0.25, 0.3) is 6.71 Å². The van der Waals surface area contributed by atoms with Crippen LogP contribution < -0.4 is 26.2 Å². The Balaban J connectivity index is 1.08. The van der Waals surface area contributed by atoms with E-state index in [-0.39, 0.29) is 51.5 Å². The van der Waals surface area contributed by atoms with Crippen molar-refractivity contribution >= 4 is 123 Å². The molecule has 0 N–H and O–H groups in total. The van der Waals surface area contributed by atoms with Gasteiger partial charge in [-0.05, 0) is 173 Å². The molecule has 13 aromatic carbocycles. The molecule has 0 unspecified atom stereocenters. The lowest BCUT2D eigenvalue weighted by Gasteiger charge is -2.45. The number of anilines is 6. The first-order valence-corrected chi connectivity index (χ1v) is 33.0. The van der Waals surface area contributed by atoms with Crippen LogP contribution in [0.3, 0.4) is 0 Å². The molecule has 96 heavy (non-hydrogen) atoms. The lowest BCUT2D eigenvalue weighted by atomic mass is 9.33. The Morgan fingerprint density at radius 1 is 0.333 bits per heavy atom. The summed E-state index contributed by atoms with van der Waals surface area (Å²) < 4.78 is 109. The fourth-order valence-corrected chi connectivity index (χ4v) is 15.2. The molecule has 462 valence electrons. The van der Waals surface area contributed by atoms with Crippen LogP contribution in [0.25, 0.3) is 116 Å².